The third-order valence-corrected chi connectivity index (χ3v) is 3.54. The van der Waals surface area contributed by atoms with Gasteiger partial charge in [-0.3, -0.25) is 10.1 Å². The molecule has 1 heterocycles. The van der Waals surface area contributed by atoms with Crippen molar-refractivity contribution in [2.75, 3.05) is 19.8 Å². The summed E-state index contributed by atoms with van der Waals surface area (Å²) in [6.45, 7) is 5.39. The second kappa shape index (κ2) is 6.81. The molecular formula is C15H21FN2O2. The molecule has 1 aromatic rings. The van der Waals surface area contributed by atoms with Gasteiger partial charge in [0.2, 0.25) is 5.91 Å². The van der Waals surface area contributed by atoms with Gasteiger partial charge >= 0.3 is 0 Å². The normalized spacial score (nSPS) is 22.6. The first-order valence-corrected chi connectivity index (χ1v) is 7.07. The van der Waals surface area contributed by atoms with Crippen molar-refractivity contribution in [1.29, 1.82) is 0 Å². The fourth-order valence-electron chi connectivity index (χ4n) is 2.47. The lowest BCUT2D eigenvalue weighted by Crippen LogP contribution is -2.34. The van der Waals surface area contributed by atoms with Crippen molar-refractivity contribution in [3.63, 3.8) is 0 Å². The standard InChI is InChI=1S/C15H21FN2O2/c1-3-13-15(19)18(9-10-20-4-2)14(17-13)11-7-5-6-8-12(11)16/h5-8,13-14,17H,3-4,9-10H2,1-2H3. The van der Waals surface area contributed by atoms with E-state index in [1.165, 1.54) is 6.07 Å². The van der Waals surface area contributed by atoms with E-state index in [4.69, 9.17) is 4.74 Å². The molecule has 0 spiro atoms. The minimum absolute atomic E-state index is 0.0143. The highest BCUT2D eigenvalue weighted by Crippen LogP contribution is 2.27. The van der Waals surface area contributed by atoms with Crippen LogP contribution in [0, 0.1) is 5.82 Å². The molecule has 1 saturated heterocycles. The molecule has 0 aromatic heterocycles. The van der Waals surface area contributed by atoms with E-state index in [2.05, 4.69) is 5.32 Å². The Labute approximate surface area is 118 Å². The van der Waals surface area contributed by atoms with E-state index in [1.807, 2.05) is 13.8 Å². The highest BCUT2D eigenvalue weighted by atomic mass is 19.1. The second-order valence-electron chi connectivity index (χ2n) is 4.78. The van der Waals surface area contributed by atoms with Gasteiger partial charge in [0.15, 0.2) is 0 Å². The predicted molar refractivity (Wildman–Crippen MR) is 74.6 cm³/mol. The van der Waals surface area contributed by atoms with Crippen LogP contribution >= 0.6 is 0 Å². The van der Waals surface area contributed by atoms with Crippen molar-refractivity contribution in [2.45, 2.75) is 32.5 Å². The molecule has 2 atom stereocenters. The maximum absolute atomic E-state index is 14.0. The summed E-state index contributed by atoms with van der Waals surface area (Å²) in [4.78, 5) is 14.0. The summed E-state index contributed by atoms with van der Waals surface area (Å²) in [7, 11) is 0. The first-order chi connectivity index (χ1) is 9.69. The number of rotatable bonds is 6. The van der Waals surface area contributed by atoms with Crippen LogP contribution in [0.2, 0.25) is 0 Å². The molecule has 0 radical (unpaired) electrons. The molecular weight excluding hydrogens is 259 g/mol. The molecule has 1 aliphatic heterocycles. The highest BCUT2D eigenvalue weighted by Gasteiger charge is 2.39. The number of amides is 1. The largest absolute Gasteiger partial charge is 0.380 e. The summed E-state index contributed by atoms with van der Waals surface area (Å²) < 4.78 is 19.3. The molecule has 1 aliphatic rings. The van der Waals surface area contributed by atoms with E-state index in [1.54, 1.807) is 23.1 Å². The monoisotopic (exact) mass is 280 g/mol. The Morgan fingerprint density at radius 1 is 1.35 bits per heavy atom. The van der Waals surface area contributed by atoms with E-state index in [-0.39, 0.29) is 17.8 Å². The molecule has 1 aromatic carbocycles. The number of halogens is 1. The van der Waals surface area contributed by atoms with Gasteiger partial charge in [-0.1, -0.05) is 25.1 Å². The minimum Gasteiger partial charge on any atom is -0.380 e. The van der Waals surface area contributed by atoms with Gasteiger partial charge in [-0.15, -0.1) is 0 Å². The number of carbonyl (C=O) groups is 1. The molecule has 2 unspecified atom stereocenters. The number of nitrogens with zero attached hydrogens (tertiary/aromatic N) is 1. The summed E-state index contributed by atoms with van der Waals surface area (Å²) in [5.74, 6) is -0.281. The van der Waals surface area contributed by atoms with Crippen molar-refractivity contribution < 1.29 is 13.9 Å². The maximum Gasteiger partial charge on any atom is 0.241 e. The fourth-order valence-corrected chi connectivity index (χ4v) is 2.47. The number of hydrogen-bond donors (Lipinski definition) is 1. The first kappa shape index (κ1) is 14.9. The van der Waals surface area contributed by atoms with Crippen LogP contribution in [0.15, 0.2) is 24.3 Å². The molecule has 110 valence electrons. The zero-order chi connectivity index (χ0) is 14.5. The summed E-state index contributed by atoms with van der Waals surface area (Å²) in [5, 5.41) is 3.21. The Hall–Kier alpha value is -1.46. The van der Waals surface area contributed by atoms with Crippen LogP contribution in [-0.2, 0) is 9.53 Å². The minimum atomic E-state index is -0.408. The average molecular weight is 280 g/mol. The molecule has 1 amide bonds. The first-order valence-electron chi connectivity index (χ1n) is 7.07. The number of hydrogen-bond acceptors (Lipinski definition) is 3. The summed E-state index contributed by atoms with van der Waals surface area (Å²) in [5.41, 5.74) is 0.508. The van der Waals surface area contributed by atoms with Gasteiger partial charge in [-0.2, -0.15) is 0 Å². The molecule has 1 fully saturated rings. The van der Waals surface area contributed by atoms with Crippen molar-refractivity contribution in [3.05, 3.63) is 35.6 Å². The smallest absolute Gasteiger partial charge is 0.241 e. The summed E-state index contributed by atoms with van der Waals surface area (Å²) >= 11 is 0. The van der Waals surface area contributed by atoms with E-state index >= 15 is 0 Å². The lowest BCUT2D eigenvalue weighted by atomic mass is 10.1. The van der Waals surface area contributed by atoms with Crippen LogP contribution in [0.5, 0.6) is 0 Å². The Morgan fingerprint density at radius 2 is 2.10 bits per heavy atom. The highest BCUT2D eigenvalue weighted by molar-refractivity contribution is 5.84. The van der Waals surface area contributed by atoms with Crippen LogP contribution in [0.25, 0.3) is 0 Å². The van der Waals surface area contributed by atoms with E-state index in [0.29, 0.717) is 31.7 Å². The van der Waals surface area contributed by atoms with Crippen molar-refractivity contribution >= 4 is 5.91 Å². The number of ether oxygens (including phenoxy) is 1. The third kappa shape index (κ3) is 2.99. The predicted octanol–water partition coefficient (Wildman–Crippen LogP) is 2.07. The molecule has 5 heteroatoms. The molecule has 0 aliphatic carbocycles. The lowest BCUT2D eigenvalue weighted by Gasteiger charge is -2.24. The Balaban J connectivity index is 2.20. The van der Waals surface area contributed by atoms with Gasteiger partial charge in [-0.25, -0.2) is 4.39 Å². The van der Waals surface area contributed by atoms with Crippen molar-refractivity contribution in [1.82, 2.24) is 10.2 Å². The molecule has 2 rings (SSSR count). The quantitative estimate of drug-likeness (QED) is 0.811. The average Bonchev–Trinajstić information content (AvgIpc) is 2.77. The van der Waals surface area contributed by atoms with Crippen LogP contribution < -0.4 is 5.32 Å². The van der Waals surface area contributed by atoms with Gasteiger partial charge in [0, 0.05) is 18.7 Å². The van der Waals surface area contributed by atoms with E-state index in [9.17, 15) is 9.18 Å². The zero-order valence-electron chi connectivity index (χ0n) is 11.9. The van der Waals surface area contributed by atoms with Crippen molar-refractivity contribution in [2.24, 2.45) is 0 Å². The van der Waals surface area contributed by atoms with Gasteiger partial charge in [0.05, 0.1) is 12.6 Å². The van der Waals surface area contributed by atoms with Crippen LogP contribution in [0.3, 0.4) is 0 Å². The van der Waals surface area contributed by atoms with E-state index < -0.39 is 6.17 Å². The summed E-state index contributed by atoms with van der Waals surface area (Å²) in [6.07, 6.45) is 0.281. The Morgan fingerprint density at radius 3 is 2.75 bits per heavy atom. The molecule has 0 bridgehead atoms. The van der Waals surface area contributed by atoms with Crippen LogP contribution in [-0.4, -0.2) is 36.6 Å². The zero-order valence-corrected chi connectivity index (χ0v) is 11.9. The molecule has 0 saturated carbocycles. The summed E-state index contributed by atoms with van der Waals surface area (Å²) in [6, 6.07) is 6.32. The molecule has 4 nitrogen and oxygen atoms in total. The SMILES string of the molecule is CCOCCN1C(=O)C(CC)NC1c1ccccc1F. The van der Waals surface area contributed by atoms with Gasteiger partial charge in [0.1, 0.15) is 12.0 Å². The number of nitrogens with one attached hydrogen (secondary N) is 1. The van der Waals surface area contributed by atoms with Crippen molar-refractivity contribution in [3.8, 4) is 0 Å². The third-order valence-electron chi connectivity index (χ3n) is 3.54. The number of benzene rings is 1. The maximum atomic E-state index is 14.0. The van der Waals surface area contributed by atoms with Crippen LogP contribution in [0.4, 0.5) is 4.39 Å². The Bertz CT molecular complexity index is 467. The number of carbonyl (C=O) groups excluding carboxylic acids is 1. The topological polar surface area (TPSA) is 41.6 Å². The van der Waals surface area contributed by atoms with E-state index in [0.717, 1.165) is 0 Å². The van der Waals surface area contributed by atoms with Gasteiger partial charge < -0.3 is 9.64 Å². The lowest BCUT2D eigenvalue weighted by molar-refractivity contribution is -0.130. The molecule has 20 heavy (non-hydrogen) atoms. The van der Waals surface area contributed by atoms with Gasteiger partial charge in [0.25, 0.3) is 0 Å². The molecule has 1 N–H and O–H groups in total. The fraction of sp³-hybridized carbons (Fsp3) is 0.533. The Kier molecular flexibility index (Phi) is 5.09. The van der Waals surface area contributed by atoms with Gasteiger partial charge in [-0.05, 0) is 19.4 Å². The second-order valence-corrected chi connectivity index (χ2v) is 4.78. The van der Waals surface area contributed by atoms with Crippen LogP contribution in [0.1, 0.15) is 32.0 Å².